The second-order valence-corrected chi connectivity index (χ2v) is 3.59. The van der Waals surface area contributed by atoms with Gasteiger partial charge in [0.05, 0.1) is 5.69 Å². The highest BCUT2D eigenvalue weighted by molar-refractivity contribution is 5.97. The Morgan fingerprint density at radius 1 is 1.24 bits per heavy atom. The van der Waals surface area contributed by atoms with Gasteiger partial charge in [0.15, 0.2) is 5.75 Å². The van der Waals surface area contributed by atoms with Gasteiger partial charge in [0.2, 0.25) is 0 Å². The molecule has 0 saturated carbocycles. The summed E-state index contributed by atoms with van der Waals surface area (Å²) in [6.45, 7) is 3.35. The van der Waals surface area contributed by atoms with Gasteiger partial charge >= 0.3 is 5.97 Å². The molecular formula is C13H12N2O2. The highest BCUT2D eigenvalue weighted by Crippen LogP contribution is 2.33. The number of ether oxygens (including phenoxy) is 1. The van der Waals surface area contributed by atoms with Crippen LogP contribution < -0.4 is 16.2 Å². The standard InChI is InChI=1S/C13H12N2O2/c1-2-12(16)17-13-10-5-4-9(14)7-8(10)3-6-11(13)15/h2-7H,1,14-15H2. The number of esters is 1. The van der Waals surface area contributed by atoms with E-state index in [0.29, 0.717) is 17.1 Å². The molecule has 2 aromatic carbocycles. The minimum atomic E-state index is -0.541. The number of carbonyl (C=O) groups is 1. The van der Waals surface area contributed by atoms with E-state index in [1.165, 1.54) is 0 Å². The SMILES string of the molecule is C=CC(=O)Oc1c(N)ccc2cc(N)ccc12. The zero-order chi connectivity index (χ0) is 12.4. The van der Waals surface area contributed by atoms with Gasteiger partial charge in [-0.05, 0) is 29.7 Å². The number of fused-ring (bicyclic) bond motifs is 1. The summed E-state index contributed by atoms with van der Waals surface area (Å²) in [5.74, 6) is -0.201. The van der Waals surface area contributed by atoms with Crippen molar-refractivity contribution in [3.63, 3.8) is 0 Å². The van der Waals surface area contributed by atoms with E-state index in [1.54, 1.807) is 24.3 Å². The zero-order valence-corrected chi connectivity index (χ0v) is 9.14. The maximum Gasteiger partial charge on any atom is 0.335 e. The van der Waals surface area contributed by atoms with Crippen molar-refractivity contribution < 1.29 is 9.53 Å². The van der Waals surface area contributed by atoms with Crippen molar-refractivity contribution >= 4 is 28.1 Å². The average molecular weight is 228 g/mol. The van der Waals surface area contributed by atoms with Crippen LogP contribution in [0.2, 0.25) is 0 Å². The number of anilines is 2. The molecule has 0 radical (unpaired) electrons. The molecule has 86 valence electrons. The summed E-state index contributed by atoms with van der Waals surface area (Å²) < 4.78 is 5.12. The van der Waals surface area contributed by atoms with Crippen LogP contribution in [0.15, 0.2) is 43.0 Å². The third-order valence-corrected chi connectivity index (χ3v) is 2.39. The van der Waals surface area contributed by atoms with Crippen molar-refractivity contribution in [3.05, 3.63) is 43.0 Å². The van der Waals surface area contributed by atoms with Crippen molar-refractivity contribution in [2.75, 3.05) is 11.5 Å². The van der Waals surface area contributed by atoms with Crippen LogP contribution in [0.5, 0.6) is 5.75 Å². The number of carbonyl (C=O) groups excluding carboxylic acids is 1. The molecule has 0 aliphatic carbocycles. The fourth-order valence-corrected chi connectivity index (χ4v) is 1.59. The Hall–Kier alpha value is -2.49. The van der Waals surface area contributed by atoms with E-state index in [0.717, 1.165) is 16.8 Å². The molecule has 0 heterocycles. The fraction of sp³-hybridized carbons (Fsp3) is 0. The number of nitrogens with two attached hydrogens (primary N) is 2. The normalized spacial score (nSPS) is 10.1. The molecule has 0 aromatic heterocycles. The summed E-state index contributed by atoms with van der Waals surface area (Å²) in [5.41, 5.74) is 12.5. The second kappa shape index (κ2) is 4.17. The molecule has 17 heavy (non-hydrogen) atoms. The molecule has 0 fully saturated rings. The maximum atomic E-state index is 11.2. The Balaban J connectivity index is 2.63. The predicted molar refractivity (Wildman–Crippen MR) is 68.6 cm³/mol. The highest BCUT2D eigenvalue weighted by Gasteiger charge is 2.09. The largest absolute Gasteiger partial charge is 0.421 e. The smallest absolute Gasteiger partial charge is 0.335 e. The van der Waals surface area contributed by atoms with Gasteiger partial charge < -0.3 is 16.2 Å². The van der Waals surface area contributed by atoms with E-state index in [2.05, 4.69) is 6.58 Å². The summed E-state index contributed by atoms with van der Waals surface area (Å²) in [4.78, 5) is 11.2. The van der Waals surface area contributed by atoms with Crippen molar-refractivity contribution in [1.29, 1.82) is 0 Å². The number of rotatable bonds is 2. The summed E-state index contributed by atoms with van der Waals surface area (Å²) in [6, 6.07) is 8.79. The minimum Gasteiger partial charge on any atom is -0.421 e. The molecule has 0 bridgehead atoms. The van der Waals surface area contributed by atoms with Crippen molar-refractivity contribution in [2.24, 2.45) is 0 Å². The molecule has 0 spiro atoms. The van der Waals surface area contributed by atoms with E-state index in [9.17, 15) is 4.79 Å². The van der Waals surface area contributed by atoms with Crippen LogP contribution in [0.25, 0.3) is 10.8 Å². The van der Waals surface area contributed by atoms with Gasteiger partial charge in [0, 0.05) is 17.1 Å². The van der Waals surface area contributed by atoms with Gasteiger partial charge in [-0.15, -0.1) is 0 Å². The predicted octanol–water partition coefficient (Wildman–Crippen LogP) is 2.10. The molecule has 4 heteroatoms. The monoisotopic (exact) mass is 228 g/mol. The molecular weight excluding hydrogens is 216 g/mol. The Morgan fingerprint density at radius 3 is 2.71 bits per heavy atom. The number of hydrogen-bond donors (Lipinski definition) is 2. The lowest BCUT2D eigenvalue weighted by molar-refractivity contribution is -0.128. The third-order valence-electron chi connectivity index (χ3n) is 2.39. The van der Waals surface area contributed by atoms with Gasteiger partial charge in [-0.2, -0.15) is 0 Å². The van der Waals surface area contributed by atoms with Gasteiger partial charge in [-0.1, -0.05) is 12.6 Å². The Morgan fingerprint density at radius 2 is 2.00 bits per heavy atom. The minimum absolute atomic E-state index is 0.340. The molecule has 0 aliphatic rings. The lowest BCUT2D eigenvalue weighted by Gasteiger charge is -2.09. The van der Waals surface area contributed by atoms with E-state index in [-0.39, 0.29) is 0 Å². The lowest BCUT2D eigenvalue weighted by atomic mass is 10.1. The molecule has 0 atom stereocenters. The number of benzene rings is 2. The Kier molecular flexibility index (Phi) is 2.70. The summed E-state index contributed by atoms with van der Waals surface area (Å²) >= 11 is 0. The summed E-state index contributed by atoms with van der Waals surface area (Å²) in [6.07, 6.45) is 1.09. The van der Waals surface area contributed by atoms with Crippen molar-refractivity contribution in [1.82, 2.24) is 0 Å². The topological polar surface area (TPSA) is 78.3 Å². The van der Waals surface area contributed by atoms with Crippen molar-refractivity contribution in [2.45, 2.75) is 0 Å². The van der Waals surface area contributed by atoms with Gasteiger partial charge in [0.25, 0.3) is 0 Å². The van der Waals surface area contributed by atoms with Gasteiger partial charge in [-0.3, -0.25) is 0 Å². The Bertz CT molecular complexity index is 606. The van der Waals surface area contributed by atoms with Crippen LogP contribution in [0, 0.1) is 0 Å². The molecule has 0 saturated heterocycles. The van der Waals surface area contributed by atoms with E-state index in [4.69, 9.17) is 16.2 Å². The van der Waals surface area contributed by atoms with Crippen LogP contribution in [0.3, 0.4) is 0 Å². The van der Waals surface area contributed by atoms with Crippen LogP contribution in [0.1, 0.15) is 0 Å². The first kappa shape index (κ1) is 11.0. The summed E-state index contributed by atoms with van der Waals surface area (Å²) in [5, 5.41) is 1.61. The average Bonchev–Trinajstić information content (AvgIpc) is 2.32. The van der Waals surface area contributed by atoms with Crippen LogP contribution >= 0.6 is 0 Å². The number of hydrogen-bond acceptors (Lipinski definition) is 4. The van der Waals surface area contributed by atoms with Crippen molar-refractivity contribution in [3.8, 4) is 5.75 Å². The number of nitrogen functional groups attached to an aromatic ring is 2. The first-order valence-electron chi connectivity index (χ1n) is 5.04. The quantitative estimate of drug-likeness (QED) is 0.357. The lowest BCUT2D eigenvalue weighted by Crippen LogP contribution is -2.05. The molecule has 0 amide bonds. The second-order valence-electron chi connectivity index (χ2n) is 3.59. The molecule has 4 N–H and O–H groups in total. The summed E-state index contributed by atoms with van der Waals surface area (Å²) in [7, 11) is 0. The van der Waals surface area contributed by atoms with Gasteiger partial charge in [0.1, 0.15) is 0 Å². The molecule has 2 rings (SSSR count). The molecule has 0 aliphatic heterocycles. The van der Waals surface area contributed by atoms with E-state index < -0.39 is 5.97 Å². The van der Waals surface area contributed by atoms with Crippen LogP contribution in [0.4, 0.5) is 11.4 Å². The van der Waals surface area contributed by atoms with Crippen LogP contribution in [-0.2, 0) is 4.79 Å². The molecule has 2 aromatic rings. The Labute approximate surface area is 98.5 Å². The fourth-order valence-electron chi connectivity index (χ4n) is 1.59. The third kappa shape index (κ3) is 2.06. The van der Waals surface area contributed by atoms with Crippen LogP contribution in [-0.4, -0.2) is 5.97 Å². The van der Waals surface area contributed by atoms with Gasteiger partial charge in [-0.25, -0.2) is 4.79 Å². The zero-order valence-electron chi connectivity index (χ0n) is 9.14. The molecule has 4 nitrogen and oxygen atoms in total. The van der Waals surface area contributed by atoms with E-state index >= 15 is 0 Å². The van der Waals surface area contributed by atoms with E-state index in [1.807, 2.05) is 6.07 Å². The first-order chi connectivity index (χ1) is 8.11. The maximum absolute atomic E-state index is 11.2. The first-order valence-corrected chi connectivity index (χ1v) is 5.04. The highest BCUT2D eigenvalue weighted by atomic mass is 16.5. The molecule has 0 unspecified atom stereocenters.